The number of ether oxygens (including phenoxy) is 1. The number of para-hydroxylation sites is 1. The number of rotatable bonds is 3. The molecule has 0 atom stereocenters. The molecular weight excluding hydrogens is 285 g/mol. The molecule has 2 aromatic rings. The van der Waals surface area contributed by atoms with Crippen LogP contribution in [0.5, 0.6) is 11.5 Å². The third kappa shape index (κ3) is 3.25. The second-order valence-electron chi connectivity index (χ2n) is 4.21. The van der Waals surface area contributed by atoms with Gasteiger partial charge in [-0.25, -0.2) is 0 Å². The van der Waals surface area contributed by atoms with E-state index in [9.17, 15) is 18.0 Å². The van der Waals surface area contributed by atoms with E-state index in [0.29, 0.717) is 0 Å². The van der Waals surface area contributed by atoms with Crippen LogP contribution in [-0.2, 0) is 6.18 Å². The Morgan fingerprint density at radius 3 is 2.19 bits per heavy atom. The van der Waals surface area contributed by atoms with Gasteiger partial charge in [0.2, 0.25) is 0 Å². The zero-order valence-corrected chi connectivity index (χ0v) is 10.6. The Morgan fingerprint density at radius 1 is 1.05 bits per heavy atom. The highest BCUT2D eigenvalue weighted by atomic mass is 19.4. The van der Waals surface area contributed by atoms with Crippen LogP contribution in [-0.4, -0.2) is 5.91 Å². The van der Waals surface area contributed by atoms with Crippen LogP contribution in [0.1, 0.15) is 15.9 Å². The van der Waals surface area contributed by atoms with Gasteiger partial charge in [0.15, 0.2) is 5.75 Å². The number of nitrogens with two attached hydrogens (primary N) is 2. The normalized spacial score (nSPS) is 11.2. The second kappa shape index (κ2) is 5.35. The lowest BCUT2D eigenvalue weighted by molar-refractivity contribution is -0.137. The van der Waals surface area contributed by atoms with Crippen molar-refractivity contribution in [3.63, 3.8) is 0 Å². The van der Waals surface area contributed by atoms with E-state index >= 15 is 0 Å². The summed E-state index contributed by atoms with van der Waals surface area (Å²) in [6.45, 7) is 0. The zero-order valence-electron chi connectivity index (χ0n) is 10.6. The van der Waals surface area contributed by atoms with Crippen LogP contribution in [0, 0.1) is 0 Å². The van der Waals surface area contributed by atoms with E-state index in [4.69, 9.17) is 16.2 Å². The van der Waals surface area contributed by atoms with Crippen molar-refractivity contribution in [3.8, 4) is 11.5 Å². The predicted octanol–water partition coefficient (Wildman–Crippen LogP) is 3.18. The summed E-state index contributed by atoms with van der Waals surface area (Å²) in [6.07, 6.45) is -4.43. The number of primary amides is 1. The van der Waals surface area contributed by atoms with Crippen LogP contribution in [0.15, 0.2) is 42.5 Å². The summed E-state index contributed by atoms with van der Waals surface area (Å²) in [6, 6.07) is 8.45. The molecule has 0 radical (unpaired) electrons. The molecule has 0 aliphatic heterocycles. The lowest BCUT2D eigenvalue weighted by Crippen LogP contribution is -2.13. The Bertz CT molecular complexity index is 667. The predicted molar refractivity (Wildman–Crippen MR) is 70.9 cm³/mol. The van der Waals surface area contributed by atoms with Gasteiger partial charge in [0.1, 0.15) is 5.75 Å². The molecule has 0 saturated carbocycles. The minimum Gasteiger partial charge on any atom is -0.454 e. The largest absolute Gasteiger partial charge is 0.454 e. The monoisotopic (exact) mass is 296 g/mol. The van der Waals surface area contributed by atoms with Crippen molar-refractivity contribution in [2.24, 2.45) is 5.73 Å². The third-order valence-corrected chi connectivity index (χ3v) is 2.71. The maximum absolute atomic E-state index is 12.5. The number of carbonyl (C=O) groups is 1. The number of amides is 1. The molecule has 0 aliphatic carbocycles. The van der Waals surface area contributed by atoms with Gasteiger partial charge < -0.3 is 16.2 Å². The molecule has 0 aromatic heterocycles. The minimum atomic E-state index is -4.43. The van der Waals surface area contributed by atoms with Gasteiger partial charge in [0, 0.05) is 0 Å². The number of nitrogen functional groups attached to an aromatic ring is 1. The van der Waals surface area contributed by atoms with Gasteiger partial charge in [0.05, 0.1) is 16.8 Å². The smallest absolute Gasteiger partial charge is 0.416 e. The summed E-state index contributed by atoms with van der Waals surface area (Å²) >= 11 is 0. The Kier molecular flexibility index (Phi) is 3.75. The third-order valence-electron chi connectivity index (χ3n) is 2.71. The quantitative estimate of drug-likeness (QED) is 0.854. The topological polar surface area (TPSA) is 78.3 Å². The molecule has 0 bridgehead atoms. The van der Waals surface area contributed by atoms with Gasteiger partial charge in [-0.15, -0.1) is 0 Å². The average Bonchev–Trinajstić information content (AvgIpc) is 2.40. The molecule has 7 heteroatoms. The van der Waals surface area contributed by atoms with E-state index in [-0.39, 0.29) is 22.7 Å². The first-order valence-corrected chi connectivity index (χ1v) is 5.82. The fourth-order valence-electron chi connectivity index (χ4n) is 1.69. The van der Waals surface area contributed by atoms with Gasteiger partial charge >= 0.3 is 6.18 Å². The van der Waals surface area contributed by atoms with Gasteiger partial charge in [-0.3, -0.25) is 4.79 Å². The zero-order chi connectivity index (χ0) is 15.6. The number of halogens is 3. The second-order valence-corrected chi connectivity index (χ2v) is 4.21. The summed E-state index contributed by atoms with van der Waals surface area (Å²) in [7, 11) is 0. The molecule has 21 heavy (non-hydrogen) atoms. The lowest BCUT2D eigenvalue weighted by atomic mass is 10.1. The molecule has 0 fully saturated rings. The molecule has 2 aromatic carbocycles. The standard InChI is InChI=1S/C14H11F3N2O2/c15-14(16,17)8-4-6-9(7-5-8)21-12-10(13(19)20)2-1-3-11(12)18/h1-7H,18H2,(H2,19,20). The Labute approximate surface area is 118 Å². The maximum atomic E-state index is 12.5. The summed E-state index contributed by atoms with van der Waals surface area (Å²) in [5.74, 6) is -0.614. The molecule has 0 saturated heterocycles. The fourth-order valence-corrected chi connectivity index (χ4v) is 1.69. The van der Waals surface area contributed by atoms with E-state index in [1.165, 1.54) is 18.2 Å². The van der Waals surface area contributed by atoms with Crippen molar-refractivity contribution in [1.29, 1.82) is 0 Å². The SMILES string of the molecule is NC(=O)c1cccc(N)c1Oc1ccc(C(F)(F)F)cc1. The molecule has 0 unspecified atom stereocenters. The van der Waals surface area contributed by atoms with Crippen LogP contribution in [0.3, 0.4) is 0 Å². The molecule has 4 N–H and O–H groups in total. The number of carbonyl (C=O) groups excluding carboxylic acids is 1. The lowest BCUT2D eigenvalue weighted by Gasteiger charge is -2.12. The van der Waals surface area contributed by atoms with Gasteiger partial charge in [0.25, 0.3) is 5.91 Å². The molecule has 4 nitrogen and oxygen atoms in total. The minimum absolute atomic E-state index is 0.0183. The maximum Gasteiger partial charge on any atom is 0.416 e. The highest BCUT2D eigenvalue weighted by Crippen LogP contribution is 2.34. The van der Waals surface area contributed by atoms with Crippen molar-refractivity contribution in [2.75, 3.05) is 5.73 Å². The summed E-state index contributed by atoms with van der Waals surface area (Å²) in [5, 5.41) is 0. The van der Waals surface area contributed by atoms with Crippen molar-refractivity contribution in [1.82, 2.24) is 0 Å². The van der Waals surface area contributed by atoms with Crippen molar-refractivity contribution in [3.05, 3.63) is 53.6 Å². The van der Waals surface area contributed by atoms with Crippen molar-refractivity contribution in [2.45, 2.75) is 6.18 Å². The number of hydrogen-bond acceptors (Lipinski definition) is 3. The average molecular weight is 296 g/mol. The van der Waals surface area contributed by atoms with Crippen LogP contribution in [0.2, 0.25) is 0 Å². The summed E-state index contributed by atoms with van der Waals surface area (Å²) in [4.78, 5) is 11.3. The van der Waals surface area contributed by atoms with E-state index in [2.05, 4.69) is 0 Å². The summed E-state index contributed by atoms with van der Waals surface area (Å²) in [5.41, 5.74) is 10.3. The first kappa shape index (κ1) is 14.7. The molecule has 0 heterocycles. The first-order valence-electron chi connectivity index (χ1n) is 5.82. The van der Waals surface area contributed by atoms with Gasteiger partial charge in [-0.2, -0.15) is 13.2 Å². The van der Waals surface area contributed by atoms with Gasteiger partial charge in [-0.05, 0) is 36.4 Å². The van der Waals surface area contributed by atoms with E-state index in [0.717, 1.165) is 24.3 Å². The van der Waals surface area contributed by atoms with Crippen molar-refractivity contribution < 1.29 is 22.7 Å². The molecule has 110 valence electrons. The molecule has 2 rings (SSSR count). The number of hydrogen-bond donors (Lipinski definition) is 2. The highest BCUT2D eigenvalue weighted by Gasteiger charge is 2.30. The Balaban J connectivity index is 2.33. The van der Waals surface area contributed by atoms with Gasteiger partial charge in [-0.1, -0.05) is 6.07 Å². The van der Waals surface area contributed by atoms with Crippen LogP contribution in [0.4, 0.5) is 18.9 Å². The fraction of sp³-hybridized carbons (Fsp3) is 0.0714. The van der Waals surface area contributed by atoms with Crippen LogP contribution < -0.4 is 16.2 Å². The van der Waals surface area contributed by atoms with Crippen LogP contribution in [0.25, 0.3) is 0 Å². The van der Waals surface area contributed by atoms with Crippen LogP contribution >= 0.6 is 0 Å². The number of anilines is 1. The molecule has 0 aliphatic rings. The molecule has 1 amide bonds. The molecular formula is C14H11F3N2O2. The summed E-state index contributed by atoms with van der Waals surface area (Å²) < 4.78 is 42.8. The molecule has 0 spiro atoms. The Morgan fingerprint density at radius 2 is 1.67 bits per heavy atom. The highest BCUT2D eigenvalue weighted by molar-refractivity contribution is 5.97. The first-order chi connectivity index (χ1) is 9.79. The van der Waals surface area contributed by atoms with E-state index in [1.807, 2.05) is 0 Å². The van der Waals surface area contributed by atoms with E-state index in [1.54, 1.807) is 0 Å². The van der Waals surface area contributed by atoms with Crippen molar-refractivity contribution >= 4 is 11.6 Å². The number of benzene rings is 2. The Hall–Kier alpha value is -2.70. The van der Waals surface area contributed by atoms with E-state index < -0.39 is 17.6 Å². The number of alkyl halides is 3.